The van der Waals surface area contributed by atoms with Gasteiger partial charge in [-0.15, -0.1) is 0 Å². The van der Waals surface area contributed by atoms with E-state index in [-0.39, 0.29) is 139 Å². The Hall–Kier alpha value is -9.26. The van der Waals surface area contributed by atoms with E-state index in [1.165, 1.54) is 16.0 Å². The Bertz CT molecular complexity index is 6890. The van der Waals surface area contributed by atoms with Crippen LogP contribution < -0.4 is 48.4 Å². The van der Waals surface area contributed by atoms with Crippen molar-refractivity contribution in [3.63, 3.8) is 0 Å². The summed E-state index contributed by atoms with van der Waals surface area (Å²) in [4.78, 5) is 68.8. The van der Waals surface area contributed by atoms with E-state index in [2.05, 4.69) is 62.3 Å². The van der Waals surface area contributed by atoms with Gasteiger partial charge in [0.15, 0.2) is 0 Å². The van der Waals surface area contributed by atoms with Gasteiger partial charge >= 0.3 is 0 Å². The first-order chi connectivity index (χ1) is 71.7. The van der Waals surface area contributed by atoms with Crippen LogP contribution in [0.4, 0.5) is 30.2 Å². The van der Waals surface area contributed by atoms with E-state index < -0.39 is 79.8 Å². The number of ether oxygens (including phenoxy) is 6. The monoisotopic (exact) mass is 2180 g/mol. The lowest BCUT2D eigenvalue weighted by atomic mass is 9.64. The third-order valence-electron chi connectivity index (χ3n) is 37.5. The summed E-state index contributed by atoms with van der Waals surface area (Å²) in [5, 5.41) is 1.42. The second-order valence-corrected chi connectivity index (χ2v) is 53.5. The first-order valence-electron chi connectivity index (χ1n) is 54.0. The number of aryl methyl sites for hydroxylation is 1. The number of anilines is 3. The number of halogens is 6. The predicted molar refractivity (Wildman–Crippen MR) is 572 cm³/mol. The number of piperazine rings is 1. The smallest absolute Gasteiger partial charge is 0.264 e. The zero-order chi connectivity index (χ0) is 105. The van der Waals surface area contributed by atoms with Crippen molar-refractivity contribution in [2.24, 2.45) is 78.1 Å². The molecule has 9 aliphatic carbocycles. The molecule has 21 atom stereocenters. The number of carbonyl (C=O) groups excluding carboxylic acids is 4. The molecule has 4 fully saturated rings. The molecule has 3 spiro atoms. The average Bonchev–Trinajstić information content (AvgIpc) is 1.51. The number of nitrogens with zero attached hydrogens (tertiary/aromatic N) is 7. The van der Waals surface area contributed by atoms with Crippen molar-refractivity contribution in [2.45, 2.75) is 214 Å². The first-order valence-corrected chi connectivity index (χ1v) is 59.7. The summed E-state index contributed by atoms with van der Waals surface area (Å²) in [6.45, 7) is 21.5. The van der Waals surface area contributed by atoms with E-state index in [1.807, 2.05) is 56.8 Å². The second-order valence-electron chi connectivity index (χ2n) is 46.2. The highest BCUT2D eigenvalue weighted by Gasteiger charge is 2.55. The second kappa shape index (κ2) is 42.4. The van der Waals surface area contributed by atoms with Gasteiger partial charge in [0.1, 0.15) is 53.7 Å². The van der Waals surface area contributed by atoms with Crippen molar-refractivity contribution in [3.8, 4) is 17.2 Å². The average molecular weight is 2180 g/mol. The molecule has 806 valence electrons. The molecule has 4 amide bonds. The summed E-state index contributed by atoms with van der Waals surface area (Å²) in [6.07, 6.45) is 24.8. The summed E-state index contributed by atoms with van der Waals surface area (Å²) in [5.74, 6) is 0.617. The summed E-state index contributed by atoms with van der Waals surface area (Å²) in [7, 11) is -6.55. The van der Waals surface area contributed by atoms with Crippen LogP contribution in [0.2, 0.25) is 15.1 Å². The van der Waals surface area contributed by atoms with Crippen LogP contribution in [-0.4, -0.2) is 221 Å². The highest BCUT2D eigenvalue weighted by atomic mass is 35.5. The molecule has 7 aromatic rings. The van der Waals surface area contributed by atoms with Crippen LogP contribution in [0.3, 0.4) is 0 Å². The fraction of sp³-hybridized carbons (Fsp3) is 0.570. The minimum atomic E-state index is -4.00. The van der Waals surface area contributed by atoms with Gasteiger partial charge in [-0.25, -0.2) is 57.6 Å². The zero-order valence-electron chi connectivity index (χ0n) is 86.8. The Morgan fingerprint density at radius 3 is 1.16 bits per heavy atom. The van der Waals surface area contributed by atoms with Crippen LogP contribution in [0.1, 0.15) is 208 Å². The molecule has 0 radical (unpaired) electrons. The Morgan fingerprint density at radius 2 is 0.833 bits per heavy atom. The molecular weight excluding hydrogens is 2040 g/mol. The van der Waals surface area contributed by atoms with Crippen molar-refractivity contribution in [3.05, 3.63) is 227 Å². The van der Waals surface area contributed by atoms with Crippen molar-refractivity contribution < 1.29 is 86.0 Å². The quantitative estimate of drug-likeness (QED) is 0.0925. The first kappa shape index (κ1) is 106. The molecule has 26 rings (SSSR count). The lowest BCUT2D eigenvalue weighted by Gasteiger charge is -2.48. The Labute approximate surface area is 894 Å². The number of rotatable bonds is 10. The topological polar surface area (TPSA) is 308 Å². The van der Waals surface area contributed by atoms with E-state index in [0.29, 0.717) is 143 Å². The maximum Gasteiger partial charge on any atom is 0.264 e. The number of aromatic nitrogens is 2. The summed E-state index contributed by atoms with van der Waals surface area (Å²) in [6, 6.07) is 26.2. The molecule has 11 heterocycles. The van der Waals surface area contributed by atoms with Crippen molar-refractivity contribution in [1.29, 1.82) is 0 Å². The molecule has 27 nitrogen and oxygen atoms in total. The van der Waals surface area contributed by atoms with Crippen LogP contribution in [0, 0.1) is 88.5 Å². The van der Waals surface area contributed by atoms with Crippen molar-refractivity contribution in [2.75, 3.05) is 134 Å². The SMILES string of the molecule is C[C@@H]1[C@@H](C)S(=O)(=O)NC(=O)c2ccc3c(c2)N(C[C@@H]2CC[C@H]2[C@@H](OCC(=O)N(C)C)C2=C[C@H]1C2)C[C@@]1(CCCc2c1ccc(Cl)c2F)CO3.C[C@@H]1[C@@H](C)S(=O)(=O)NC(=O)c2ccc3c(c2)N(C[C@@H]2CC[C@H]2[C@@H](OCCN2CCNCC2)C2=C[C@H]1C2)C[C@@]1(CCCc2c1ccc(Cl)c2F)CO3.C[C@@H]1[C@@H](C)S(=O)(=O)NC(=O)c2ccc3c(c2)N(C[C@@H]2CC[C@H]2[C@@H](OCc2nccn2C)C2=C[C@H]1C2)C[C@@]1(CCCc2c1ccc(Cl)c2F)CO3. The largest absolute Gasteiger partial charge is 0.490 e. The number of imidazole rings is 1. The fourth-order valence-electron chi connectivity index (χ4n) is 27.0. The van der Waals surface area contributed by atoms with Gasteiger partial charge in [-0.05, 0) is 330 Å². The van der Waals surface area contributed by atoms with E-state index in [4.69, 9.17) is 63.2 Å². The molecule has 1 aromatic heterocycles. The zero-order valence-corrected chi connectivity index (χ0v) is 91.6. The third-order valence-corrected chi connectivity index (χ3v) is 44.0. The molecule has 19 aliphatic rings. The van der Waals surface area contributed by atoms with Gasteiger partial charge < -0.3 is 57.9 Å². The fourth-order valence-corrected chi connectivity index (χ4v) is 31.6. The molecule has 150 heavy (non-hydrogen) atoms. The number of likely N-dealkylation sites (N-methyl/N-ethyl adjacent to an activating group) is 1. The Kier molecular flexibility index (Phi) is 30.1. The van der Waals surface area contributed by atoms with Crippen molar-refractivity contribution in [1.82, 2.24) is 38.8 Å². The number of nitrogens with one attached hydrogen (secondary N) is 4. The van der Waals surface area contributed by atoms with E-state index in [1.54, 1.807) is 114 Å². The van der Waals surface area contributed by atoms with Crippen LogP contribution in [0.5, 0.6) is 17.2 Å². The number of allylic oxidation sites excluding steroid dienone is 3. The molecule has 0 unspecified atom stereocenters. The van der Waals surface area contributed by atoms with Gasteiger partial charge in [0.25, 0.3) is 17.7 Å². The number of hydrogen-bond donors (Lipinski definition) is 4. The van der Waals surface area contributed by atoms with Gasteiger partial charge in [0.05, 0.1) is 92.6 Å². The number of fused-ring (bicyclic) bond motifs is 18. The maximum absolute atomic E-state index is 15.5. The standard InChI is InChI=1S/C39H50ClFN4O5S.C38H44ClFN4O5S.C37H45ClFN3O6S/c1-24-25(2)51(47,48)43-38(46)26-6-10-35-34(20-26)45(22-39(23-50-35)11-3-4-31-32(39)8-9-33(40)36(31)41)21-27-5-7-30(27)37(29-18-28(24)19-29)49-17-16-44-14-12-42-13-15-44;1-22-23(2)50(46,47)42-37(45)24-7-11-33-32(17-24)44(20-38(21-49-33)12-4-5-29-30(38)9-10-31(39)35(29)40)18-25-6-8-28(25)36(27-15-26(22)16-27)48-19-34-41-13-14-43(34)3;1-21-22(2)49(45,46)40-36(44)23-8-12-32-31(16-23)42(19-37(20-48-32)13-5-6-28-29(37)10-11-30(38)34(28)39)17-24-7-9-27(24)35(26-14-25(21)15-26)47-18-33(43)41(3)4/h6,8-10,18,20,24-25,27-28,30,37,42H,3-5,7,11-17,19,21-23H2,1-2H3,(H,43,46);7,9-11,13-15,17,22-23,25-26,28,36H,4-6,8,12,16,18-21H2,1-3H3,(H,42,45);8,10-12,14,16,21-22,24-25,27,35H,5-7,9,13,15,17-20H2,1-4H3,(H,40,44)/t24-,25-,27+,28+,30-,37+,39+;22-,23-,25+,26+,28-,36+,38+;21-,22-,24+,25+,27-,35+,37+/m111/s1. The minimum Gasteiger partial charge on any atom is -0.490 e. The normalized spacial score (nSPS) is 32.3. The molecule has 4 N–H and O–H groups in total. The third kappa shape index (κ3) is 20.5. The number of amides is 4. The lowest BCUT2D eigenvalue weighted by molar-refractivity contribution is -0.137. The lowest BCUT2D eigenvalue weighted by Crippen LogP contribution is -2.51. The number of carbonyl (C=O) groups is 4. The van der Waals surface area contributed by atoms with Gasteiger partial charge in [-0.2, -0.15) is 0 Å². The molecule has 6 aromatic carbocycles. The van der Waals surface area contributed by atoms with Crippen LogP contribution in [-0.2, 0) is 98.2 Å². The van der Waals surface area contributed by atoms with Gasteiger partial charge in [-0.1, -0.05) is 92.0 Å². The molecule has 1 saturated heterocycles. The molecule has 36 heteroatoms. The van der Waals surface area contributed by atoms with E-state index >= 15 is 13.2 Å². The minimum absolute atomic E-state index is 0.00697. The molecular formula is C114H139Cl3F3N11O16S3. The van der Waals surface area contributed by atoms with Gasteiger partial charge in [0, 0.05) is 138 Å². The molecule has 3 saturated carbocycles. The highest BCUT2D eigenvalue weighted by molar-refractivity contribution is 7.91. The van der Waals surface area contributed by atoms with Crippen LogP contribution in [0.25, 0.3) is 0 Å². The Balaban J connectivity index is 0.000000131. The summed E-state index contributed by atoms with van der Waals surface area (Å²) in [5.41, 5.74) is 9.68. The summed E-state index contributed by atoms with van der Waals surface area (Å²) < 4.78 is 177. The van der Waals surface area contributed by atoms with E-state index in [9.17, 15) is 44.4 Å². The van der Waals surface area contributed by atoms with Crippen LogP contribution in [0.15, 0.2) is 138 Å². The van der Waals surface area contributed by atoms with E-state index in [0.717, 1.165) is 169 Å². The number of benzene rings is 6. The highest BCUT2D eigenvalue weighted by Crippen LogP contribution is 2.57. The molecule has 10 aliphatic heterocycles. The van der Waals surface area contributed by atoms with Gasteiger partial charge in [0.2, 0.25) is 36.0 Å². The number of hydrogen-bond acceptors (Lipinski definition) is 22. The number of sulfonamides is 3. The van der Waals surface area contributed by atoms with Gasteiger partial charge in [-0.3, -0.25) is 24.1 Å². The molecule has 12 bridgehead atoms. The van der Waals surface area contributed by atoms with Crippen LogP contribution >= 0.6 is 34.8 Å². The van der Waals surface area contributed by atoms with Crippen molar-refractivity contribution >= 4 is 106 Å². The predicted octanol–water partition coefficient (Wildman–Crippen LogP) is 17.2. The summed E-state index contributed by atoms with van der Waals surface area (Å²) >= 11 is 18.8. The Morgan fingerprint density at radius 1 is 0.487 bits per heavy atom. The maximum atomic E-state index is 15.5.